The van der Waals surface area contributed by atoms with Gasteiger partial charge in [0.2, 0.25) is 0 Å². The maximum atomic E-state index is 9.62. The quantitative estimate of drug-likeness (QED) is 0.741. The first-order valence-corrected chi connectivity index (χ1v) is 4.58. The van der Waals surface area contributed by atoms with Gasteiger partial charge in [0, 0.05) is 5.39 Å². The van der Waals surface area contributed by atoms with E-state index in [-0.39, 0.29) is 11.5 Å². The average molecular weight is 239 g/mol. The zero-order chi connectivity index (χ0) is 9.42. The number of benzene rings is 2. The summed E-state index contributed by atoms with van der Waals surface area (Å²) >= 11 is 3.21. The van der Waals surface area contributed by atoms with Crippen LogP contribution in [0.15, 0.2) is 34.8 Å². The van der Waals surface area contributed by atoms with E-state index >= 15 is 0 Å². The van der Waals surface area contributed by atoms with Crippen LogP contribution in [0.5, 0.6) is 11.5 Å². The molecule has 0 heterocycles. The Balaban J connectivity index is 2.89. The second-order valence-corrected chi connectivity index (χ2v) is 3.66. The van der Waals surface area contributed by atoms with Crippen LogP contribution in [0.2, 0.25) is 0 Å². The fraction of sp³-hybridized carbons (Fsp3) is 0. The van der Waals surface area contributed by atoms with Crippen molar-refractivity contribution in [3.63, 3.8) is 0 Å². The fourth-order valence-corrected chi connectivity index (χ4v) is 1.61. The number of hydrogen-bond acceptors (Lipinski definition) is 2. The van der Waals surface area contributed by atoms with Crippen molar-refractivity contribution >= 4 is 26.7 Å². The van der Waals surface area contributed by atoms with Crippen molar-refractivity contribution in [2.45, 2.75) is 0 Å². The van der Waals surface area contributed by atoms with Gasteiger partial charge in [-0.3, -0.25) is 0 Å². The van der Waals surface area contributed by atoms with Gasteiger partial charge in [-0.1, -0.05) is 12.1 Å². The van der Waals surface area contributed by atoms with Gasteiger partial charge in [0.1, 0.15) is 11.5 Å². The number of hydrogen-bond donors (Lipinski definition) is 2. The molecule has 13 heavy (non-hydrogen) atoms. The standard InChI is InChI=1S/C10H7BrO2/c11-9-4-2-6-1-3-7(12)5-8(6)10(9)13/h1-5,12-13H. The zero-order valence-electron chi connectivity index (χ0n) is 6.66. The van der Waals surface area contributed by atoms with E-state index in [1.165, 1.54) is 6.07 Å². The van der Waals surface area contributed by atoms with Crippen LogP contribution in [0.25, 0.3) is 10.8 Å². The number of rotatable bonds is 0. The summed E-state index contributed by atoms with van der Waals surface area (Å²) in [5.74, 6) is 0.314. The molecule has 2 rings (SSSR count). The maximum Gasteiger partial charge on any atom is 0.137 e. The van der Waals surface area contributed by atoms with Crippen LogP contribution in [0.3, 0.4) is 0 Å². The zero-order valence-corrected chi connectivity index (χ0v) is 8.25. The van der Waals surface area contributed by atoms with E-state index in [2.05, 4.69) is 15.9 Å². The summed E-state index contributed by atoms with van der Waals surface area (Å²) in [6.45, 7) is 0. The van der Waals surface area contributed by atoms with Gasteiger partial charge < -0.3 is 10.2 Å². The molecule has 0 atom stereocenters. The van der Waals surface area contributed by atoms with Crippen LogP contribution >= 0.6 is 15.9 Å². The number of fused-ring (bicyclic) bond motifs is 1. The summed E-state index contributed by atoms with van der Waals surface area (Å²) in [4.78, 5) is 0. The Labute approximate surface area is 83.6 Å². The highest BCUT2D eigenvalue weighted by Crippen LogP contribution is 2.33. The van der Waals surface area contributed by atoms with Crippen molar-refractivity contribution in [1.82, 2.24) is 0 Å². The van der Waals surface area contributed by atoms with Gasteiger partial charge in [0.25, 0.3) is 0 Å². The Kier molecular flexibility index (Phi) is 1.88. The summed E-state index contributed by atoms with van der Waals surface area (Å²) in [7, 11) is 0. The second-order valence-electron chi connectivity index (χ2n) is 2.80. The van der Waals surface area contributed by atoms with Crippen LogP contribution in [-0.2, 0) is 0 Å². The van der Waals surface area contributed by atoms with Crippen molar-refractivity contribution in [3.8, 4) is 11.5 Å². The Bertz CT molecular complexity index is 460. The van der Waals surface area contributed by atoms with E-state index < -0.39 is 0 Å². The molecule has 2 aromatic rings. The van der Waals surface area contributed by atoms with Crippen LogP contribution in [0.1, 0.15) is 0 Å². The lowest BCUT2D eigenvalue weighted by Crippen LogP contribution is -1.75. The second kappa shape index (κ2) is 2.92. The first-order valence-electron chi connectivity index (χ1n) is 3.78. The lowest BCUT2D eigenvalue weighted by molar-refractivity contribution is 0.470. The van der Waals surface area contributed by atoms with E-state index in [1.54, 1.807) is 18.2 Å². The predicted octanol–water partition coefficient (Wildman–Crippen LogP) is 3.01. The number of aromatic hydroxyl groups is 2. The molecule has 0 aliphatic carbocycles. The first kappa shape index (κ1) is 8.38. The summed E-state index contributed by atoms with van der Waals surface area (Å²) in [6.07, 6.45) is 0. The highest BCUT2D eigenvalue weighted by Gasteiger charge is 2.03. The Morgan fingerprint density at radius 1 is 1.00 bits per heavy atom. The van der Waals surface area contributed by atoms with Gasteiger partial charge in [0.05, 0.1) is 4.47 Å². The maximum absolute atomic E-state index is 9.62. The number of phenolic OH excluding ortho intramolecular Hbond substituents is 2. The lowest BCUT2D eigenvalue weighted by Gasteiger charge is -2.03. The third-order valence-electron chi connectivity index (χ3n) is 1.93. The molecular weight excluding hydrogens is 232 g/mol. The Hall–Kier alpha value is -1.22. The Morgan fingerprint density at radius 2 is 1.69 bits per heavy atom. The number of halogens is 1. The molecule has 0 aliphatic heterocycles. The molecule has 0 fully saturated rings. The summed E-state index contributed by atoms with van der Waals surface area (Å²) in [6, 6.07) is 8.54. The minimum atomic E-state index is 0.154. The monoisotopic (exact) mass is 238 g/mol. The van der Waals surface area contributed by atoms with Gasteiger partial charge in [-0.05, 0) is 39.5 Å². The van der Waals surface area contributed by atoms with Gasteiger partial charge >= 0.3 is 0 Å². The summed E-state index contributed by atoms with van der Waals surface area (Å²) in [5, 5.41) is 20.4. The molecule has 0 saturated heterocycles. The van der Waals surface area contributed by atoms with Crippen molar-refractivity contribution in [2.75, 3.05) is 0 Å². The molecular formula is C10H7BrO2. The van der Waals surface area contributed by atoms with Gasteiger partial charge in [-0.2, -0.15) is 0 Å². The highest BCUT2D eigenvalue weighted by molar-refractivity contribution is 9.10. The van der Waals surface area contributed by atoms with Crippen LogP contribution in [-0.4, -0.2) is 10.2 Å². The Morgan fingerprint density at radius 3 is 2.46 bits per heavy atom. The molecule has 0 radical (unpaired) electrons. The minimum absolute atomic E-state index is 0.154. The first-order chi connectivity index (χ1) is 6.18. The lowest BCUT2D eigenvalue weighted by atomic mass is 10.1. The molecule has 2 N–H and O–H groups in total. The molecule has 66 valence electrons. The topological polar surface area (TPSA) is 40.5 Å². The smallest absolute Gasteiger partial charge is 0.137 e. The van der Waals surface area contributed by atoms with E-state index in [4.69, 9.17) is 0 Å². The van der Waals surface area contributed by atoms with Crippen LogP contribution < -0.4 is 0 Å². The molecule has 0 saturated carbocycles. The van der Waals surface area contributed by atoms with E-state index in [0.29, 0.717) is 9.86 Å². The van der Waals surface area contributed by atoms with Crippen molar-refractivity contribution in [3.05, 3.63) is 34.8 Å². The van der Waals surface area contributed by atoms with Crippen molar-refractivity contribution < 1.29 is 10.2 Å². The third-order valence-corrected chi connectivity index (χ3v) is 2.57. The van der Waals surface area contributed by atoms with Crippen molar-refractivity contribution in [1.29, 1.82) is 0 Å². The molecule has 0 aliphatic rings. The summed E-state index contributed by atoms with van der Waals surface area (Å²) < 4.78 is 0.630. The fourth-order valence-electron chi connectivity index (χ4n) is 1.27. The third kappa shape index (κ3) is 1.35. The summed E-state index contributed by atoms with van der Waals surface area (Å²) in [5.41, 5.74) is 0. The molecule has 0 spiro atoms. The van der Waals surface area contributed by atoms with E-state index in [0.717, 1.165) is 5.39 Å². The highest BCUT2D eigenvalue weighted by atomic mass is 79.9. The van der Waals surface area contributed by atoms with E-state index in [9.17, 15) is 10.2 Å². The van der Waals surface area contributed by atoms with Gasteiger partial charge in [-0.15, -0.1) is 0 Å². The molecule has 0 unspecified atom stereocenters. The van der Waals surface area contributed by atoms with Crippen LogP contribution in [0, 0.1) is 0 Å². The number of phenols is 2. The molecule has 0 amide bonds. The minimum Gasteiger partial charge on any atom is -0.508 e. The molecule has 2 aromatic carbocycles. The van der Waals surface area contributed by atoms with Gasteiger partial charge in [0.15, 0.2) is 0 Å². The molecule has 0 bridgehead atoms. The molecule has 2 nitrogen and oxygen atoms in total. The largest absolute Gasteiger partial charge is 0.508 e. The molecule has 0 aromatic heterocycles. The predicted molar refractivity (Wildman–Crippen MR) is 55.0 cm³/mol. The normalized spacial score (nSPS) is 10.5. The molecule has 3 heteroatoms. The van der Waals surface area contributed by atoms with Gasteiger partial charge in [-0.25, -0.2) is 0 Å². The SMILES string of the molecule is Oc1ccc2ccc(Br)c(O)c2c1. The average Bonchev–Trinajstić information content (AvgIpc) is 2.12. The van der Waals surface area contributed by atoms with Crippen LogP contribution in [0.4, 0.5) is 0 Å². The van der Waals surface area contributed by atoms with Crippen molar-refractivity contribution in [2.24, 2.45) is 0 Å². The van der Waals surface area contributed by atoms with E-state index in [1.807, 2.05) is 6.07 Å².